The maximum atomic E-state index is 12.8. The van der Waals surface area contributed by atoms with Gasteiger partial charge in [0, 0.05) is 32.7 Å². The summed E-state index contributed by atoms with van der Waals surface area (Å²) in [5.74, 6) is 0.569. The van der Waals surface area contributed by atoms with Gasteiger partial charge in [0.05, 0.1) is 6.04 Å². The summed E-state index contributed by atoms with van der Waals surface area (Å²) >= 11 is 0. The van der Waals surface area contributed by atoms with E-state index in [1.165, 1.54) is 54.4 Å². The van der Waals surface area contributed by atoms with E-state index in [9.17, 15) is 9.90 Å². The Labute approximate surface area is 191 Å². The van der Waals surface area contributed by atoms with Gasteiger partial charge in [-0.05, 0) is 47.6 Å². The first kappa shape index (κ1) is 21.6. The van der Waals surface area contributed by atoms with E-state index in [1.807, 2.05) is 4.90 Å². The number of rotatable bonds is 6. The molecule has 2 aromatic carbocycles. The van der Waals surface area contributed by atoms with Crippen LogP contribution in [-0.4, -0.2) is 66.2 Å². The molecule has 1 saturated carbocycles. The fraction of sp³-hybridized carbons (Fsp3) is 0.519. The molecule has 0 bridgehead atoms. The van der Waals surface area contributed by atoms with E-state index in [-0.39, 0.29) is 11.9 Å². The zero-order valence-corrected chi connectivity index (χ0v) is 18.9. The first-order valence-electron chi connectivity index (χ1n) is 12.3. The minimum atomic E-state index is -0.946. The van der Waals surface area contributed by atoms with E-state index in [2.05, 4.69) is 58.7 Å². The molecule has 2 N–H and O–H groups in total. The van der Waals surface area contributed by atoms with Gasteiger partial charge in [-0.3, -0.25) is 9.69 Å². The molecule has 2 fully saturated rings. The molecule has 1 amide bonds. The molecule has 5 nitrogen and oxygen atoms in total. The zero-order chi connectivity index (χ0) is 21.9. The van der Waals surface area contributed by atoms with Gasteiger partial charge in [-0.25, -0.2) is 0 Å². The van der Waals surface area contributed by atoms with Gasteiger partial charge in [-0.1, -0.05) is 67.8 Å². The SMILES string of the molecule is O=C(C(O)CNCC1CCCCC1)N1CCN(C2c3ccccc3-c3ccccc32)CC1. The van der Waals surface area contributed by atoms with Crippen LogP contribution in [0.5, 0.6) is 0 Å². The van der Waals surface area contributed by atoms with Crippen molar-refractivity contribution < 1.29 is 9.90 Å². The van der Waals surface area contributed by atoms with Gasteiger partial charge < -0.3 is 15.3 Å². The van der Waals surface area contributed by atoms with Crippen molar-refractivity contribution in [3.8, 4) is 11.1 Å². The minimum absolute atomic E-state index is 0.131. The maximum Gasteiger partial charge on any atom is 0.252 e. The molecular formula is C27H35N3O2. The van der Waals surface area contributed by atoms with E-state index in [0.29, 0.717) is 25.6 Å². The van der Waals surface area contributed by atoms with Crippen molar-refractivity contribution >= 4 is 5.91 Å². The Hall–Kier alpha value is -2.21. The third kappa shape index (κ3) is 4.34. The average Bonchev–Trinajstić information content (AvgIpc) is 3.19. The lowest BCUT2D eigenvalue weighted by atomic mass is 9.89. The van der Waals surface area contributed by atoms with Gasteiger partial charge in [-0.2, -0.15) is 0 Å². The molecule has 5 heteroatoms. The molecule has 1 saturated heterocycles. The van der Waals surface area contributed by atoms with Crippen molar-refractivity contribution in [2.45, 2.75) is 44.2 Å². The van der Waals surface area contributed by atoms with Gasteiger partial charge in [-0.15, -0.1) is 0 Å². The summed E-state index contributed by atoms with van der Waals surface area (Å²) < 4.78 is 0. The monoisotopic (exact) mass is 433 g/mol. The molecule has 5 rings (SSSR count). The number of aliphatic hydroxyl groups excluding tert-OH is 1. The van der Waals surface area contributed by atoms with Crippen LogP contribution >= 0.6 is 0 Å². The van der Waals surface area contributed by atoms with E-state index < -0.39 is 6.10 Å². The zero-order valence-electron chi connectivity index (χ0n) is 18.9. The highest BCUT2D eigenvalue weighted by Crippen LogP contribution is 2.46. The summed E-state index contributed by atoms with van der Waals surface area (Å²) in [6, 6.07) is 17.6. The van der Waals surface area contributed by atoms with E-state index in [0.717, 1.165) is 19.6 Å². The smallest absolute Gasteiger partial charge is 0.252 e. The summed E-state index contributed by atoms with van der Waals surface area (Å²) in [7, 11) is 0. The first-order chi connectivity index (χ1) is 15.7. The summed E-state index contributed by atoms with van der Waals surface area (Å²) in [5, 5.41) is 13.8. The largest absolute Gasteiger partial charge is 0.382 e. The molecule has 2 aromatic rings. The number of aliphatic hydroxyl groups is 1. The number of carbonyl (C=O) groups is 1. The molecule has 1 heterocycles. The van der Waals surface area contributed by atoms with Crippen LogP contribution in [0.25, 0.3) is 11.1 Å². The topological polar surface area (TPSA) is 55.8 Å². The standard InChI is InChI=1S/C27H35N3O2/c31-25(19-28-18-20-8-2-1-3-9-20)27(32)30-16-14-29(15-17-30)26-23-12-6-4-10-21(23)22-11-5-7-13-24(22)26/h4-7,10-13,20,25-26,28,31H,1-3,8-9,14-19H2. The summed E-state index contributed by atoms with van der Waals surface area (Å²) in [6.45, 7) is 4.25. The normalized spacial score (nSPS) is 20.7. The van der Waals surface area contributed by atoms with Crippen LogP contribution in [0.3, 0.4) is 0 Å². The van der Waals surface area contributed by atoms with Gasteiger partial charge >= 0.3 is 0 Å². The van der Waals surface area contributed by atoms with Crippen molar-refractivity contribution in [3.05, 3.63) is 59.7 Å². The van der Waals surface area contributed by atoms with Gasteiger partial charge in [0.25, 0.3) is 5.91 Å². The molecule has 170 valence electrons. The molecule has 3 aliphatic rings. The molecule has 2 aliphatic carbocycles. The van der Waals surface area contributed by atoms with Crippen molar-refractivity contribution in [2.24, 2.45) is 5.92 Å². The van der Waals surface area contributed by atoms with Crippen molar-refractivity contribution in [1.29, 1.82) is 0 Å². The minimum Gasteiger partial charge on any atom is -0.382 e. The number of hydrogen-bond donors (Lipinski definition) is 2. The number of amides is 1. The lowest BCUT2D eigenvalue weighted by Gasteiger charge is -2.39. The van der Waals surface area contributed by atoms with Crippen LogP contribution < -0.4 is 5.32 Å². The summed E-state index contributed by atoms with van der Waals surface area (Å²) in [6.07, 6.45) is 5.57. The predicted molar refractivity (Wildman–Crippen MR) is 127 cm³/mol. The maximum absolute atomic E-state index is 12.8. The van der Waals surface area contributed by atoms with Gasteiger partial charge in [0.2, 0.25) is 0 Å². The van der Waals surface area contributed by atoms with Crippen LogP contribution in [0.1, 0.15) is 49.3 Å². The number of nitrogens with zero attached hydrogens (tertiary/aromatic N) is 2. The molecule has 0 aromatic heterocycles. The Kier molecular flexibility index (Phi) is 6.58. The summed E-state index contributed by atoms with van der Waals surface area (Å²) in [4.78, 5) is 17.2. The van der Waals surface area contributed by atoms with Crippen LogP contribution in [0.2, 0.25) is 0 Å². The third-order valence-corrected chi connectivity index (χ3v) is 7.57. The highest BCUT2D eigenvalue weighted by atomic mass is 16.3. The number of carbonyl (C=O) groups excluding carboxylic acids is 1. The predicted octanol–water partition coefficient (Wildman–Crippen LogP) is 3.43. The number of fused-ring (bicyclic) bond motifs is 3. The molecular weight excluding hydrogens is 398 g/mol. The highest BCUT2D eigenvalue weighted by Gasteiger charge is 2.35. The second kappa shape index (κ2) is 9.74. The highest BCUT2D eigenvalue weighted by molar-refractivity contribution is 5.81. The number of benzene rings is 2. The Balaban J connectivity index is 1.16. The fourth-order valence-electron chi connectivity index (χ4n) is 5.84. The lowest BCUT2D eigenvalue weighted by Crippen LogP contribution is -2.53. The molecule has 1 aliphatic heterocycles. The van der Waals surface area contributed by atoms with E-state index >= 15 is 0 Å². The van der Waals surface area contributed by atoms with Gasteiger partial charge in [0.15, 0.2) is 0 Å². The Morgan fingerprint density at radius 1 is 0.906 bits per heavy atom. The van der Waals surface area contributed by atoms with Gasteiger partial charge in [0.1, 0.15) is 6.10 Å². The second-order valence-corrected chi connectivity index (χ2v) is 9.62. The number of nitrogens with one attached hydrogen (secondary N) is 1. The Bertz CT molecular complexity index is 887. The molecule has 0 radical (unpaired) electrons. The third-order valence-electron chi connectivity index (χ3n) is 7.57. The number of hydrogen-bond acceptors (Lipinski definition) is 4. The van der Waals surface area contributed by atoms with E-state index in [4.69, 9.17) is 0 Å². The van der Waals surface area contributed by atoms with Crippen molar-refractivity contribution in [1.82, 2.24) is 15.1 Å². The lowest BCUT2D eigenvalue weighted by molar-refractivity contribution is -0.142. The van der Waals surface area contributed by atoms with E-state index in [1.54, 1.807) is 0 Å². The Morgan fingerprint density at radius 2 is 1.50 bits per heavy atom. The fourth-order valence-corrected chi connectivity index (χ4v) is 5.84. The molecule has 32 heavy (non-hydrogen) atoms. The number of piperazine rings is 1. The molecule has 1 atom stereocenters. The second-order valence-electron chi connectivity index (χ2n) is 9.62. The van der Waals surface area contributed by atoms with Crippen molar-refractivity contribution in [3.63, 3.8) is 0 Å². The molecule has 0 spiro atoms. The van der Waals surface area contributed by atoms with Crippen LogP contribution in [0, 0.1) is 5.92 Å². The van der Waals surface area contributed by atoms with Crippen LogP contribution in [0.4, 0.5) is 0 Å². The first-order valence-corrected chi connectivity index (χ1v) is 12.3. The summed E-state index contributed by atoms with van der Waals surface area (Å²) in [5.41, 5.74) is 5.37. The van der Waals surface area contributed by atoms with Crippen LogP contribution in [0.15, 0.2) is 48.5 Å². The van der Waals surface area contributed by atoms with Crippen molar-refractivity contribution in [2.75, 3.05) is 39.3 Å². The Morgan fingerprint density at radius 3 is 2.12 bits per heavy atom. The average molecular weight is 434 g/mol. The quantitative estimate of drug-likeness (QED) is 0.733. The molecule has 1 unspecified atom stereocenters. The van der Waals surface area contributed by atoms with Crippen LogP contribution in [-0.2, 0) is 4.79 Å².